The number of imidazole rings is 1. The van der Waals surface area contributed by atoms with Crippen molar-refractivity contribution < 1.29 is 12.8 Å². The van der Waals surface area contributed by atoms with Crippen molar-refractivity contribution in [2.75, 3.05) is 4.72 Å². The van der Waals surface area contributed by atoms with Gasteiger partial charge in [-0.3, -0.25) is 4.72 Å². The van der Waals surface area contributed by atoms with Gasteiger partial charge in [-0.25, -0.2) is 9.37 Å². The van der Waals surface area contributed by atoms with Gasteiger partial charge in [0.1, 0.15) is 5.82 Å². The molecule has 0 saturated heterocycles. The Morgan fingerprint density at radius 3 is 2.79 bits per heavy atom. The molecule has 0 atom stereocenters. The maximum Gasteiger partial charge on any atom is 0.281 e. The molecule has 2 aromatic rings. The van der Waals surface area contributed by atoms with E-state index in [0.29, 0.717) is 11.0 Å². The second kappa shape index (κ2) is 5.30. The minimum Gasteiger partial charge on any atom is -0.336 e. The lowest BCUT2D eigenvalue weighted by atomic mass is 10.3. The molecule has 0 spiro atoms. The van der Waals surface area contributed by atoms with E-state index in [0.717, 1.165) is 0 Å². The molecule has 19 heavy (non-hydrogen) atoms. The number of aryl methyl sites for hydroxylation is 1. The quantitative estimate of drug-likeness (QED) is 0.924. The molecule has 8 heteroatoms. The van der Waals surface area contributed by atoms with Gasteiger partial charge in [0.05, 0.1) is 12.0 Å². The van der Waals surface area contributed by atoms with Gasteiger partial charge >= 0.3 is 0 Å². The number of benzene rings is 1. The summed E-state index contributed by atoms with van der Waals surface area (Å²) in [5, 5.41) is -0.142. The smallest absolute Gasteiger partial charge is 0.281 e. The highest BCUT2D eigenvalue weighted by molar-refractivity contribution is 9.10. The minimum absolute atomic E-state index is 0.116. The molecule has 0 aliphatic rings. The van der Waals surface area contributed by atoms with Gasteiger partial charge in [-0.05, 0) is 25.1 Å². The molecule has 0 amide bonds. The van der Waals surface area contributed by atoms with Crippen LogP contribution in [0, 0.1) is 5.82 Å². The Balaban J connectivity index is 2.30. The Morgan fingerprint density at radius 2 is 2.21 bits per heavy atom. The predicted octanol–water partition coefficient (Wildman–Crippen LogP) is 2.61. The Morgan fingerprint density at radius 1 is 1.47 bits per heavy atom. The van der Waals surface area contributed by atoms with Crippen molar-refractivity contribution in [2.45, 2.75) is 18.5 Å². The maximum atomic E-state index is 13.6. The van der Waals surface area contributed by atoms with E-state index < -0.39 is 15.8 Å². The number of anilines is 1. The number of rotatable bonds is 4. The van der Waals surface area contributed by atoms with Crippen LogP contribution in [0.1, 0.15) is 6.92 Å². The summed E-state index contributed by atoms with van der Waals surface area (Å²) in [4.78, 5) is 3.78. The predicted molar refractivity (Wildman–Crippen MR) is 72.8 cm³/mol. The normalized spacial score (nSPS) is 11.5. The first-order chi connectivity index (χ1) is 8.92. The van der Waals surface area contributed by atoms with Crippen molar-refractivity contribution in [1.82, 2.24) is 9.55 Å². The van der Waals surface area contributed by atoms with Gasteiger partial charge in [0.2, 0.25) is 0 Å². The van der Waals surface area contributed by atoms with Crippen molar-refractivity contribution in [1.29, 1.82) is 0 Å². The molecule has 5 nitrogen and oxygen atoms in total. The molecule has 1 aromatic carbocycles. The summed E-state index contributed by atoms with van der Waals surface area (Å²) in [6, 6.07) is 4.07. The fraction of sp³-hybridized carbons (Fsp3) is 0.182. The molecule has 1 N–H and O–H groups in total. The summed E-state index contributed by atoms with van der Waals surface area (Å²) < 4.78 is 41.9. The van der Waals surface area contributed by atoms with Crippen LogP contribution in [-0.2, 0) is 16.6 Å². The zero-order valence-corrected chi connectivity index (χ0v) is 12.4. The second-order valence-corrected chi connectivity index (χ2v) is 6.32. The largest absolute Gasteiger partial charge is 0.336 e. The molecule has 0 saturated carbocycles. The van der Waals surface area contributed by atoms with Gasteiger partial charge in [-0.15, -0.1) is 0 Å². The van der Waals surface area contributed by atoms with E-state index in [1.807, 2.05) is 6.92 Å². The fourth-order valence-electron chi connectivity index (χ4n) is 1.42. The van der Waals surface area contributed by atoms with E-state index in [4.69, 9.17) is 0 Å². The lowest BCUT2D eigenvalue weighted by Crippen LogP contribution is -2.14. The zero-order chi connectivity index (χ0) is 14.0. The molecule has 102 valence electrons. The molecule has 0 aliphatic heterocycles. The Kier molecular flexibility index (Phi) is 3.91. The molecule has 0 fully saturated rings. The Hall–Kier alpha value is -1.41. The maximum absolute atomic E-state index is 13.6. The molecule has 0 unspecified atom stereocenters. The molecule has 2 rings (SSSR count). The molecule has 1 heterocycles. The van der Waals surface area contributed by atoms with Gasteiger partial charge in [0.25, 0.3) is 10.0 Å². The fourth-order valence-corrected chi connectivity index (χ4v) is 2.77. The number of aromatic nitrogens is 2. The lowest BCUT2D eigenvalue weighted by Gasteiger charge is -2.07. The Labute approximate surface area is 118 Å². The second-order valence-electron chi connectivity index (χ2n) is 3.77. The number of halogens is 2. The molecule has 0 radical (unpaired) electrons. The van der Waals surface area contributed by atoms with Crippen molar-refractivity contribution in [3.05, 3.63) is 41.0 Å². The highest BCUT2D eigenvalue weighted by Crippen LogP contribution is 2.21. The summed E-state index contributed by atoms with van der Waals surface area (Å²) in [6.07, 6.45) is 2.80. The van der Waals surface area contributed by atoms with Crippen LogP contribution in [0.4, 0.5) is 10.1 Å². The van der Waals surface area contributed by atoms with Crippen molar-refractivity contribution >= 4 is 31.6 Å². The van der Waals surface area contributed by atoms with Gasteiger partial charge in [0, 0.05) is 17.2 Å². The molecular formula is C11H11BrFN3O2S. The van der Waals surface area contributed by atoms with E-state index in [9.17, 15) is 12.8 Å². The van der Waals surface area contributed by atoms with Crippen LogP contribution in [0.15, 0.2) is 40.2 Å². The summed E-state index contributed by atoms with van der Waals surface area (Å²) in [5.41, 5.74) is -0.116. The SMILES string of the molecule is CCn1cnc(S(=O)(=O)Nc2ccc(Br)cc2F)c1. The van der Waals surface area contributed by atoms with E-state index in [-0.39, 0.29) is 10.7 Å². The van der Waals surface area contributed by atoms with Gasteiger partial charge in [-0.2, -0.15) is 8.42 Å². The standard InChI is InChI=1S/C11H11BrFN3O2S/c1-2-16-6-11(14-7-16)19(17,18)15-10-4-3-8(12)5-9(10)13/h3-7,15H,2H2,1H3. The third-order valence-corrected chi connectivity index (χ3v) is 4.17. The van der Waals surface area contributed by atoms with Crippen molar-refractivity contribution in [2.24, 2.45) is 0 Å². The first kappa shape index (κ1) is 14.0. The monoisotopic (exact) mass is 347 g/mol. The number of nitrogens with zero attached hydrogens (tertiary/aromatic N) is 2. The van der Waals surface area contributed by atoms with Crippen LogP contribution in [0.25, 0.3) is 0 Å². The first-order valence-corrected chi connectivity index (χ1v) is 7.69. The summed E-state index contributed by atoms with van der Waals surface area (Å²) in [5.74, 6) is -0.659. The average Bonchev–Trinajstić information content (AvgIpc) is 2.82. The van der Waals surface area contributed by atoms with Crippen molar-refractivity contribution in [3.8, 4) is 0 Å². The Bertz CT molecular complexity index is 700. The van der Waals surface area contributed by atoms with E-state index in [2.05, 4.69) is 25.6 Å². The van der Waals surface area contributed by atoms with Gasteiger partial charge in [0.15, 0.2) is 5.03 Å². The zero-order valence-electron chi connectivity index (χ0n) is 9.97. The number of nitrogens with one attached hydrogen (secondary N) is 1. The summed E-state index contributed by atoms with van der Waals surface area (Å²) >= 11 is 3.10. The third kappa shape index (κ3) is 3.13. The van der Waals surface area contributed by atoms with E-state index in [1.54, 1.807) is 10.6 Å². The van der Waals surface area contributed by atoms with Crippen LogP contribution in [-0.4, -0.2) is 18.0 Å². The van der Waals surface area contributed by atoms with Crippen molar-refractivity contribution in [3.63, 3.8) is 0 Å². The van der Waals surface area contributed by atoms with Gasteiger partial charge < -0.3 is 4.57 Å². The number of hydrogen-bond acceptors (Lipinski definition) is 3. The van der Waals surface area contributed by atoms with Crippen LogP contribution >= 0.6 is 15.9 Å². The molecular weight excluding hydrogens is 337 g/mol. The average molecular weight is 348 g/mol. The lowest BCUT2D eigenvalue weighted by molar-refractivity contribution is 0.595. The first-order valence-electron chi connectivity index (χ1n) is 5.42. The van der Waals surface area contributed by atoms with Gasteiger partial charge in [-0.1, -0.05) is 15.9 Å². The van der Waals surface area contributed by atoms with Crippen LogP contribution in [0.2, 0.25) is 0 Å². The van der Waals surface area contributed by atoms with E-state index >= 15 is 0 Å². The molecule has 0 bridgehead atoms. The topological polar surface area (TPSA) is 64.0 Å². The summed E-state index contributed by atoms with van der Waals surface area (Å²) in [6.45, 7) is 2.47. The van der Waals surface area contributed by atoms with Crippen LogP contribution in [0.3, 0.4) is 0 Å². The molecule has 0 aliphatic carbocycles. The highest BCUT2D eigenvalue weighted by Gasteiger charge is 2.19. The highest BCUT2D eigenvalue weighted by atomic mass is 79.9. The third-order valence-electron chi connectivity index (χ3n) is 2.43. The minimum atomic E-state index is -3.88. The van der Waals surface area contributed by atoms with Crippen LogP contribution in [0.5, 0.6) is 0 Å². The summed E-state index contributed by atoms with van der Waals surface area (Å²) in [7, 11) is -3.88. The van der Waals surface area contributed by atoms with Crippen LogP contribution < -0.4 is 4.72 Å². The number of hydrogen-bond donors (Lipinski definition) is 1. The molecule has 1 aromatic heterocycles. The van der Waals surface area contributed by atoms with E-state index in [1.165, 1.54) is 24.7 Å². The number of sulfonamides is 1.